The zero-order valence-electron chi connectivity index (χ0n) is 14.0. The number of para-hydroxylation sites is 1. The van der Waals surface area contributed by atoms with Crippen LogP contribution in [0.3, 0.4) is 0 Å². The lowest BCUT2D eigenvalue weighted by atomic mass is 9.66. The van der Waals surface area contributed by atoms with Crippen LogP contribution < -0.4 is 11.1 Å². The average Bonchev–Trinajstić information content (AvgIpc) is 2.82. The van der Waals surface area contributed by atoms with Gasteiger partial charge in [-0.2, -0.15) is 0 Å². The van der Waals surface area contributed by atoms with Crippen LogP contribution in [0.1, 0.15) is 45.6 Å². The second-order valence-electron chi connectivity index (χ2n) is 7.85. The minimum Gasteiger partial charge on any atom is -0.330 e. The van der Waals surface area contributed by atoms with Crippen molar-refractivity contribution in [2.45, 2.75) is 46.5 Å². The Morgan fingerprint density at radius 2 is 2.05 bits per heavy atom. The number of fused-ring (bicyclic) bond motifs is 2. The molecule has 2 aliphatic carbocycles. The van der Waals surface area contributed by atoms with Crippen molar-refractivity contribution in [3.05, 3.63) is 29.8 Å². The van der Waals surface area contributed by atoms with Gasteiger partial charge in [0, 0.05) is 11.6 Å². The molecule has 3 nitrogen and oxygen atoms in total. The molecule has 0 radical (unpaired) electrons. The molecule has 22 heavy (non-hydrogen) atoms. The fourth-order valence-electron chi connectivity index (χ4n) is 4.84. The third-order valence-corrected chi connectivity index (χ3v) is 6.80. The van der Waals surface area contributed by atoms with Crippen LogP contribution in [0.5, 0.6) is 0 Å². The summed E-state index contributed by atoms with van der Waals surface area (Å²) in [7, 11) is 0. The van der Waals surface area contributed by atoms with Gasteiger partial charge in [0.15, 0.2) is 0 Å². The Kier molecular flexibility index (Phi) is 3.80. The average molecular weight is 300 g/mol. The summed E-state index contributed by atoms with van der Waals surface area (Å²) in [6.07, 6.45) is 4.28. The van der Waals surface area contributed by atoms with Crippen molar-refractivity contribution in [1.29, 1.82) is 0 Å². The predicted octanol–water partition coefficient (Wildman–Crippen LogP) is 3.59. The molecule has 0 spiro atoms. The Balaban J connectivity index is 1.79. The standard InChI is InChI=1S/C19H28N2O/c1-18(2)14-8-10-19(18,3)15(12-14)17(22)21-16-7-5-4-6-13(16)9-11-20/h4-7,14-15H,8-12,20H2,1-3H3,(H,21,22)/t14-,15-,19+/m1/s1. The van der Waals surface area contributed by atoms with Crippen LogP contribution in [0.25, 0.3) is 0 Å². The van der Waals surface area contributed by atoms with Gasteiger partial charge in [0.2, 0.25) is 5.91 Å². The van der Waals surface area contributed by atoms with Gasteiger partial charge in [0.1, 0.15) is 0 Å². The van der Waals surface area contributed by atoms with Gasteiger partial charge in [-0.05, 0) is 60.6 Å². The lowest BCUT2D eigenvalue weighted by Gasteiger charge is -2.38. The van der Waals surface area contributed by atoms with Crippen LogP contribution in [0.15, 0.2) is 24.3 Å². The van der Waals surface area contributed by atoms with Crippen LogP contribution in [0, 0.1) is 22.7 Å². The Hall–Kier alpha value is -1.35. The zero-order chi connectivity index (χ0) is 16.0. The molecule has 3 N–H and O–H groups in total. The van der Waals surface area contributed by atoms with Gasteiger partial charge in [-0.3, -0.25) is 4.79 Å². The van der Waals surface area contributed by atoms with Gasteiger partial charge in [-0.25, -0.2) is 0 Å². The molecule has 2 saturated carbocycles. The van der Waals surface area contributed by atoms with Crippen molar-refractivity contribution in [3.8, 4) is 0 Å². The van der Waals surface area contributed by atoms with Gasteiger partial charge in [0.05, 0.1) is 0 Å². The number of nitrogens with two attached hydrogens (primary N) is 1. The molecule has 1 aromatic carbocycles. The Bertz CT molecular complexity index is 581. The van der Waals surface area contributed by atoms with Crippen molar-refractivity contribution in [3.63, 3.8) is 0 Å². The van der Waals surface area contributed by atoms with E-state index in [1.54, 1.807) is 0 Å². The van der Waals surface area contributed by atoms with E-state index in [1.807, 2.05) is 18.2 Å². The molecule has 120 valence electrons. The minimum absolute atomic E-state index is 0.130. The molecule has 2 fully saturated rings. The highest BCUT2D eigenvalue weighted by molar-refractivity contribution is 5.94. The fourth-order valence-corrected chi connectivity index (χ4v) is 4.84. The topological polar surface area (TPSA) is 55.1 Å². The summed E-state index contributed by atoms with van der Waals surface area (Å²) in [6.45, 7) is 7.61. The number of rotatable bonds is 4. The molecule has 3 atom stereocenters. The third-order valence-electron chi connectivity index (χ3n) is 6.80. The lowest BCUT2D eigenvalue weighted by molar-refractivity contribution is -0.124. The summed E-state index contributed by atoms with van der Waals surface area (Å²) in [5, 5.41) is 3.19. The number of anilines is 1. The van der Waals surface area contributed by atoms with Crippen LogP contribution in [-0.4, -0.2) is 12.5 Å². The smallest absolute Gasteiger partial charge is 0.228 e. The molecule has 3 heteroatoms. The van der Waals surface area contributed by atoms with Gasteiger partial charge in [-0.15, -0.1) is 0 Å². The highest BCUT2D eigenvalue weighted by Crippen LogP contribution is 2.68. The Labute approximate surface area is 133 Å². The van der Waals surface area contributed by atoms with Gasteiger partial charge >= 0.3 is 0 Å². The SMILES string of the molecule is CC1(C)[C@@H]2CC[C@@]1(C)[C@@H](C(=O)Nc1ccccc1CCN)C2. The quantitative estimate of drug-likeness (QED) is 0.893. The van der Waals surface area contributed by atoms with E-state index in [2.05, 4.69) is 32.2 Å². The predicted molar refractivity (Wildman–Crippen MR) is 90.5 cm³/mol. The first-order chi connectivity index (χ1) is 10.4. The van der Waals surface area contributed by atoms with E-state index in [4.69, 9.17) is 5.73 Å². The molecule has 0 heterocycles. The van der Waals surface area contributed by atoms with E-state index in [1.165, 1.54) is 12.8 Å². The van der Waals surface area contributed by atoms with Crippen molar-refractivity contribution in [2.75, 3.05) is 11.9 Å². The minimum atomic E-state index is 0.130. The van der Waals surface area contributed by atoms with E-state index in [0.717, 1.165) is 24.1 Å². The maximum atomic E-state index is 12.9. The van der Waals surface area contributed by atoms with Crippen LogP contribution in [-0.2, 0) is 11.2 Å². The van der Waals surface area contributed by atoms with Crippen molar-refractivity contribution < 1.29 is 4.79 Å². The molecular formula is C19H28N2O. The zero-order valence-corrected chi connectivity index (χ0v) is 14.0. The highest BCUT2D eigenvalue weighted by atomic mass is 16.2. The molecule has 1 amide bonds. The Morgan fingerprint density at radius 1 is 1.32 bits per heavy atom. The molecular weight excluding hydrogens is 272 g/mol. The van der Waals surface area contributed by atoms with Gasteiger partial charge in [-0.1, -0.05) is 39.0 Å². The van der Waals surface area contributed by atoms with Gasteiger partial charge < -0.3 is 11.1 Å². The number of carbonyl (C=O) groups is 1. The normalized spacial score (nSPS) is 32.2. The largest absolute Gasteiger partial charge is 0.330 e. The molecule has 0 aromatic heterocycles. The molecule has 2 aliphatic rings. The van der Waals surface area contributed by atoms with Crippen molar-refractivity contribution >= 4 is 11.6 Å². The Morgan fingerprint density at radius 3 is 2.64 bits per heavy atom. The van der Waals surface area contributed by atoms with Gasteiger partial charge in [0.25, 0.3) is 0 Å². The highest BCUT2D eigenvalue weighted by Gasteiger charge is 2.63. The first-order valence-corrected chi connectivity index (χ1v) is 8.49. The summed E-state index contributed by atoms with van der Waals surface area (Å²) < 4.78 is 0. The van der Waals surface area contributed by atoms with Crippen LogP contribution in [0.4, 0.5) is 5.69 Å². The summed E-state index contributed by atoms with van der Waals surface area (Å²) in [6, 6.07) is 8.02. The molecule has 1 aromatic rings. The summed E-state index contributed by atoms with van der Waals surface area (Å²) in [5.74, 6) is 1.02. The fraction of sp³-hybridized carbons (Fsp3) is 0.632. The van der Waals surface area contributed by atoms with E-state index >= 15 is 0 Å². The number of amides is 1. The van der Waals surface area contributed by atoms with E-state index in [0.29, 0.717) is 12.5 Å². The number of carbonyl (C=O) groups excluding carboxylic acids is 1. The van der Waals surface area contributed by atoms with E-state index in [9.17, 15) is 4.79 Å². The lowest BCUT2D eigenvalue weighted by Crippen LogP contribution is -2.38. The number of nitrogens with one attached hydrogen (secondary N) is 1. The van der Waals surface area contributed by atoms with Crippen molar-refractivity contribution in [1.82, 2.24) is 0 Å². The maximum absolute atomic E-state index is 12.9. The van der Waals surface area contributed by atoms with Crippen LogP contribution in [0.2, 0.25) is 0 Å². The van der Waals surface area contributed by atoms with Crippen LogP contribution >= 0.6 is 0 Å². The molecule has 3 rings (SSSR count). The van der Waals surface area contributed by atoms with E-state index in [-0.39, 0.29) is 22.7 Å². The summed E-state index contributed by atoms with van der Waals surface area (Å²) in [4.78, 5) is 12.9. The number of hydrogen-bond acceptors (Lipinski definition) is 2. The molecule has 2 bridgehead atoms. The number of hydrogen-bond donors (Lipinski definition) is 2. The second-order valence-corrected chi connectivity index (χ2v) is 7.85. The molecule has 0 saturated heterocycles. The van der Waals surface area contributed by atoms with Crippen molar-refractivity contribution in [2.24, 2.45) is 28.4 Å². The molecule has 0 unspecified atom stereocenters. The number of benzene rings is 1. The van der Waals surface area contributed by atoms with E-state index < -0.39 is 0 Å². The maximum Gasteiger partial charge on any atom is 0.228 e. The summed E-state index contributed by atoms with van der Waals surface area (Å²) >= 11 is 0. The second kappa shape index (κ2) is 5.38. The first-order valence-electron chi connectivity index (χ1n) is 8.49. The monoisotopic (exact) mass is 300 g/mol. The first kappa shape index (κ1) is 15.5. The molecule has 0 aliphatic heterocycles. The summed E-state index contributed by atoms with van der Waals surface area (Å²) in [5.41, 5.74) is 8.14. The third kappa shape index (κ3) is 2.18.